The van der Waals surface area contributed by atoms with Gasteiger partial charge in [0.1, 0.15) is 5.75 Å². The van der Waals surface area contributed by atoms with Crippen molar-refractivity contribution in [2.45, 2.75) is 6.92 Å². The second-order valence-electron chi connectivity index (χ2n) is 5.14. The van der Waals surface area contributed by atoms with Gasteiger partial charge in [-0.15, -0.1) is 0 Å². The van der Waals surface area contributed by atoms with Gasteiger partial charge in [-0.3, -0.25) is 9.59 Å². The number of carbonyl (C=O) groups excluding carboxylic acids is 2. The van der Waals surface area contributed by atoms with Crippen molar-refractivity contribution >= 4 is 35.3 Å². The fraction of sp³-hybridized carbons (Fsp3) is 0.167. The molecule has 0 atom stereocenters. The largest absolute Gasteiger partial charge is 0.503 e. The number of hydrogen-bond acceptors (Lipinski definition) is 6. The summed E-state index contributed by atoms with van der Waals surface area (Å²) in [5.74, 6) is -1.46. The zero-order chi connectivity index (χ0) is 19.8. The number of anilines is 1. The Morgan fingerprint density at radius 1 is 1.22 bits per heavy atom. The molecule has 0 unspecified atom stereocenters. The molecule has 2 aromatic rings. The number of benzene rings is 2. The smallest absolute Gasteiger partial charge is 0.329 e. The number of aromatic hydroxyl groups is 1. The first-order chi connectivity index (χ1) is 13.0. The number of ether oxygens (including phenoxy) is 2. The molecule has 0 aromatic heterocycles. The van der Waals surface area contributed by atoms with Crippen LogP contribution in [0.25, 0.3) is 0 Å². The van der Waals surface area contributed by atoms with Gasteiger partial charge >= 0.3 is 11.8 Å². The molecule has 142 valence electrons. The number of phenolic OH excluding ortho intramolecular Hbond substituents is 1. The molecule has 0 aliphatic rings. The topological polar surface area (TPSA) is 109 Å². The molecule has 0 aliphatic carbocycles. The lowest BCUT2D eigenvalue weighted by Gasteiger charge is -2.10. The second-order valence-corrected chi connectivity index (χ2v) is 5.54. The van der Waals surface area contributed by atoms with Crippen LogP contribution in [0.4, 0.5) is 5.69 Å². The number of nitrogens with zero attached hydrogens (tertiary/aromatic N) is 1. The number of carbonyl (C=O) groups is 2. The third-order valence-electron chi connectivity index (χ3n) is 3.29. The Morgan fingerprint density at radius 3 is 2.67 bits per heavy atom. The highest BCUT2D eigenvalue weighted by atomic mass is 35.5. The Morgan fingerprint density at radius 2 is 1.96 bits per heavy atom. The van der Waals surface area contributed by atoms with Crippen molar-refractivity contribution in [1.29, 1.82) is 0 Å². The SMILES string of the molecule is CCOc1ccccc1NC(=O)C(=O)N/N=C\c1cc(Cl)c(O)c(OC)c1. The van der Waals surface area contributed by atoms with Crippen molar-refractivity contribution < 1.29 is 24.2 Å². The van der Waals surface area contributed by atoms with Crippen LogP contribution in [0.1, 0.15) is 12.5 Å². The van der Waals surface area contributed by atoms with Gasteiger partial charge < -0.3 is 19.9 Å². The molecule has 0 radical (unpaired) electrons. The van der Waals surface area contributed by atoms with Crippen LogP contribution in [0, 0.1) is 0 Å². The Hall–Kier alpha value is -3.26. The summed E-state index contributed by atoms with van der Waals surface area (Å²) >= 11 is 5.87. The first kappa shape index (κ1) is 20.1. The van der Waals surface area contributed by atoms with Crippen molar-refractivity contribution in [3.05, 3.63) is 47.0 Å². The minimum absolute atomic E-state index is 0.0624. The van der Waals surface area contributed by atoms with Crippen LogP contribution in [0.5, 0.6) is 17.2 Å². The van der Waals surface area contributed by atoms with E-state index in [1.807, 2.05) is 6.92 Å². The zero-order valence-electron chi connectivity index (χ0n) is 14.7. The number of hydrazone groups is 1. The zero-order valence-corrected chi connectivity index (χ0v) is 15.4. The average Bonchev–Trinajstić information content (AvgIpc) is 2.66. The van der Waals surface area contributed by atoms with Crippen LogP contribution in [-0.4, -0.2) is 36.9 Å². The van der Waals surface area contributed by atoms with E-state index in [1.165, 1.54) is 25.5 Å². The predicted molar refractivity (Wildman–Crippen MR) is 102 cm³/mol. The molecule has 3 N–H and O–H groups in total. The number of para-hydroxylation sites is 2. The summed E-state index contributed by atoms with van der Waals surface area (Å²) in [5, 5.41) is 15.9. The number of halogens is 1. The maximum Gasteiger partial charge on any atom is 0.329 e. The number of methoxy groups -OCH3 is 1. The molecule has 9 heteroatoms. The normalized spacial score (nSPS) is 10.5. The molecular formula is C18H18ClN3O5. The molecule has 2 amide bonds. The molecule has 0 fully saturated rings. The summed E-state index contributed by atoms with van der Waals surface area (Å²) in [6.07, 6.45) is 1.26. The lowest BCUT2D eigenvalue weighted by molar-refractivity contribution is -0.136. The molecular weight excluding hydrogens is 374 g/mol. The molecule has 0 heterocycles. The number of hydrogen-bond donors (Lipinski definition) is 3. The first-order valence-electron chi connectivity index (χ1n) is 7.89. The van der Waals surface area contributed by atoms with Crippen molar-refractivity contribution in [1.82, 2.24) is 5.43 Å². The van der Waals surface area contributed by atoms with Gasteiger partial charge in [0.25, 0.3) is 0 Å². The van der Waals surface area contributed by atoms with E-state index in [9.17, 15) is 14.7 Å². The maximum absolute atomic E-state index is 12.0. The number of nitrogens with one attached hydrogen (secondary N) is 2. The van der Waals surface area contributed by atoms with Gasteiger partial charge in [0.05, 0.1) is 30.6 Å². The van der Waals surface area contributed by atoms with Crippen molar-refractivity contribution in [2.75, 3.05) is 19.0 Å². The van der Waals surface area contributed by atoms with Crippen molar-refractivity contribution in [2.24, 2.45) is 5.10 Å². The highest BCUT2D eigenvalue weighted by Crippen LogP contribution is 2.34. The fourth-order valence-electron chi connectivity index (χ4n) is 2.07. The number of rotatable bonds is 6. The summed E-state index contributed by atoms with van der Waals surface area (Å²) in [7, 11) is 1.37. The summed E-state index contributed by atoms with van der Waals surface area (Å²) in [6, 6.07) is 9.64. The minimum Gasteiger partial charge on any atom is -0.503 e. The van der Waals surface area contributed by atoms with E-state index in [4.69, 9.17) is 21.1 Å². The van der Waals surface area contributed by atoms with Crippen LogP contribution in [0.2, 0.25) is 5.02 Å². The molecule has 2 rings (SSSR count). The molecule has 8 nitrogen and oxygen atoms in total. The van der Waals surface area contributed by atoms with E-state index in [-0.39, 0.29) is 16.5 Å². The van der Waals surface area contributed by atoms with Crippen molar-refractivity contribution in [3.8, 4) is 17.2 Å². The van der Waals surface area contributed by atoms with Crippen LogP contribution in [-0.2, 0) is 9.59 Å². The predicted octanol–water partition coefficient (Wildman–Crippen LogP) is 2.54. The van der Waals surface area contributed by atoms with Crippen LogP contribution in [0.15, 0.2) is 41.5 Å². The molecule has 2 aromatic carbocycles. The lowest BCUT2D eigenvalue weighted by Crippen LogP contribution is -2.32. The van der Waals surface area contributed by atoms with Crippen LogP contribution < -0.4 is 20.2 Å². The quantitative estimate of drug-likeness (QED) is 0.398. The van der Waals surface area contributed by atoms with Gasteiger partial charge in [0.15, 0.2) is 11.5 Å². The lowest BCUT2D eigenvalue weighted by atomic mass is 10.2. The van der Waals surface area contributed by atoms with E-state index in [2.05, 4.69) is 15.8 Å². The second kappa shape index (κ2) is 9.44. The monoisotopic (exact) mass is 391 g/mol. The Balaban J connectivity index is 2.00. The average molecular weight is 392 g/mol. The van der Waals surface area contributed by atoms with Crippen molar-refractivity contribution in [3.63, 3.8) is 0 Å². The molecule has 27 heavy (non-hydrogen) atoms. The van der Waals surface area contributed by atoms with Crippen LogP contribution >= 0.6 is 11.6 Å². The summed E-state index contributed by atoms with van der Waals surface area (Å²) in [5.41, 5.74) is 2.93. The number of phenols is 1. The van der Waals surface area contributed by atoms with E-state index < -0.39 is 11.8 Å². The van der Waals surface area contributed by atoms with Gasteiger partial charge in [-0.1, -0.05) is 23.7 Å². The van der Waals surface area contributed by atoms with Gasteiger partial charge in [-0.25, -0.2) is 5.43 Å². The van der Waals surface area contributed by atoms with E-state index in [0.717, 1.165) is 0 Å². The Bertz CT molecular complexity index is 870. The molecule has 0 bridgehead atoms. The molecule has 0 aliphatic heterocycles. The Labute approximate surface area is 160 Å². The van der Waals surface area contributed by atoms with Gasteiger partial charge in [-0.05, 0) is 36.8 Å². The summed E-state index contributed by atoms with van der Waals surface area (Å²) < 4.78 is 10.3. The highest BCUT2D eigenvalue weighted by Gasteiger charge is 2.15. The summed E-state index contributed by atoms with van der Waals surface area (Å²) in [6.45, 7) is 2.23. The fourth-order valence-corrected chi connectivity index (χ4v) is 2.29. The molecule has 0 saturated carbocycles. The van der Waals surface area contributed by atoms with E-state index in [0.29, 0.717) is 23.6 Å². The van der Waals surface area contributed by atoms with Crippen LogP contribution in [0.3, 0.4) is 0 Å². The highest BCUT2D eigenvalue weighted by molar-refractivity contribution is 6.39. The maximum atomic E-state index is 12.0. The number of amides is 2. The van der Waals surface area contributed by atoms with Gasteiger partial charge in [0.2, 0.25) is 0 Å². The third-order valence-corrected chi connectivity index (χ3v) is 3.58. The Kier molecular flexibility index (Phi) is 7.01. The third kappa shape index (κ3) is 5.35. The molecule has 0 saturated heterocycles. The van der Waals surface area contributed by atoms with E-state index in [1.54, 1.807) is 24.3 Å². The standard InChI is InChI=1S/C18H18ClN3O5/c1-3-27-14-7-5-4-6-13(14)21-17(24)18(25)22-20-10-11-8-12(19)16(23)15(9-11)26-2/h4-10,23H,3H2,1-2H3,(H,21,24)(H,22,25)/b20-10-. The summed E-state index contributed by atoms with van der Waals surface area (Å²) in [4.78, 5) is 23.9. The van der Waals surface area contributed by atoms with Gasteiger partial charge in [0, 0.05) is 0 Å². The molecule has 0 spiro atoms. The minimum atomic E-state index is -0.964. The van der Waals surface area contributed by atoms with Gasteiger partial charge in [-0.2, -0.15) is 5.10 Å². The first-order valence-corrected chi connectivity index (χ1v) is 8.26. The van der Waals surface area contributed by atoms with E-state index >= 15 is 0 Å².